The first-order chi connectivity index (χ1) is 13.2. The number of imidazole rings is 1. The first kappa shape index (κ1) is 22.2. The maximum atomic E-state index is 12.4. The fourth-order valence-electron chi connectivity index (χ4n) is 2.52. The molecule has 1 amide bonds. The number of alkyl carbamates (subject to hydrolysis) is 1. The van der Waals surface area contributed by atoms with Gasteiger partial charge in [0, 0.05) is 6.42 Å². The minimum Gasteiger partial charge on any atom is -0.480 e. The van der Waals surface area contributed by atoms with Gasteiger partial charge in [-0.2, -0.15) is 0 Å². The number of aromatic nitrogens is 2. The molecule has 0 aliphatic heterocycles. The van der Waals surface area contributed by atoms with Crippen LogP contribution >= 0.6 is 0 Å². The number of carboxylic acids is 1. The van der Waals surface area contributed by atoms with Crippen LogP contribution in [0.2, 0.25) is 0 Å². The summed E-state index contributed by atoms with van der Waals surface area (Å²) in [6, 6.07) is 3.83. The molecule has 9 nitrogen and oxygen atoms in total. The normalized spacial score (nSPS) is 13.0. The second-order valence-electron chi connectivity index (χ2n) is 8.66. The third kappa shape index (κ3) is 6.48. The van der Waals surface area contributed by atoms with E-state index in [0.717, 1.165) is 0 Å². The van der Waals surface area contributed by atoms with E-state index in [-0.39, 0.29) is 6.42 Å². The number of amides is 1. The standard InChI is InChI=1S/C20H27N3O6/c1-19(2,3)28-17(26)22-14(16(24)25)9-12-7-8-13-15(10-12)23(11-21-13)18(27)29-20(4,5)6/h7-8,10-11,14H,9H2,1-6H3,(H,22,26)(H,24,25)/t14-/m1/s1. The lowest BCUT2D eigenvalue weighted by atomic mass is 10.1. The van der Waals surface area contributed by atoms with E-state index in [2.05, 4.69) is 10.3 Å². The van der Waals surface area contributed by atoms with Crippen LogP contribution in [0.15, 0.2) is 24.5 Å². The van der Waals surface area contributed by atoms with Gasteiger partial charge in [-0.3, -0.25) is 0 Å². The summed E-state index contributed by atoms with van der Waals surface area (Å²) in [5, 5.41) is 11.8. The molecule has 0 saturated heterocycles. The molecule has 0 fully saturated rings. The summed E-state index contributed by atoms with van der Waals surface area (Å²) in [6.07, 6.45) is -0.0382. The number of nitrogens with one attached hydrogen (secondary N) is 1. The number of benzene rings is 1. The Bertz CT molecular complexity index is 920. The van der Waals surface area contributed by atoms with Gasteiger partial charge in [-0.05, 0) is 59.2 Å². The molecule has 0 bridgehead atoms. The summed E-state index contributed by atoms with van der Waals surface area (Å²) in [6.45, 7) is 10.3. The molecule has 0 unspecified atom stereocenters. The van der Waals surface area contributed by atoms with Gasteiger partial charge in [0.05, 0.1) is 11.0 Å². The molecule has 1 aromatic carbocycles. The van der Waals surface area contributed by atoms with E-state index >= 15 is 0 Å². The van der Waals surface area contributed by atoms with Crippen LogP contribution in [0, 0.1) is 0 Å². The van der Waals surface area contributed by atoms with Crippen LogP contribution in [-0.4, -0.2) is 50.1 Å². The van der Waals surface area contributed by atoms with Crippen LogP contribution in [0.5, 0.6) is 0 Å². The van der Waals surface area contributed by atoms with Crippen molar-refractivity contribution in [3.8, 4) is 0 Å². The number of hydrogen-bond donors (Lipinski definition) is 2. The maximum absolute atomic E-state index is 12.4. The molecule has 0 aliphatic rings. The number of nitrogens with zero attached hydrogens (tertiary/aromatic N) is 2. The summed E-state index contributed by atoms with van der Waals surface area (Å²) in [4.78, 5) is 40.1. The molecule has 0 radical (unpaired) electrons. The summed E-state index contributed by atoms with van der Waals surface area (Å²) < 4.78 is 11.8. The predicted molar refractivity (Wildman–Crippen MR) is 106 cm³/mol. The molecule has 2 rings (SSSR count). The largest absolute Gasteiger partial charge is 0.480 e. The van der Waals surface area contributed by atoms with Crippen molar-refractivity contribution in [1.29, 1.82) is 0 Å². The molecule has 0 aliphatic carbocycles. The monoisotopic (exact) mass is 405 g/mol. The molecule has 0 saturated carbocycles. The van der Waals surface area contributed by atoms with Crippen molar-refractivity contribution in [3.05, 3.63) is 30.1 Å². The van der Waals surface area contributed by atoms with Crippen LogP contribution in [0.3, 0.4) is 0 Å². The molecular weight excluding hydrogens is 378 g/mol. The SMILES string of the molecule is CC(C)(C)OC(=O)N[C@H](Cc1ccc2ncn(C(=O)OC(C)(C)C)c2c1)C(=O)O. The van der Waals surface area contributed by atoms with Crippen molar-refractivity contribution in [2.24, 2.45) is 0 Å². The van der Waals surface area contributed by atoms with Crippen LogP contribution in [-0.2, 0) is 20.7 Å². The van der Waals surface area contributed by atoms with Crippen LogP contribution in [0.4, 0.5) is 9.59 Å². The van der Waals surface area contributed by atoms with Crippen molar-refractivity contribution in [1.82, 2.24) is 14.9 Å². The van der Waals surface area contributed by atoms with Gasteiger partial charge in [0.1, 0.15) is 23.6 Å². The molecule has 0 spiro atoms. The highest BCUT2D eigenvalue weighted by atomic mass is 16.6. The van der Waals surface area contributed by atoms with Gasteiger partial charge in [-0.1, -0.05) is 6.07 Å². The molecular formula is C20H27N3O6. The molecule has 1 atom stereocenters. The highest BCUT2D eigenvalue weighted by Gasteiger charge is 2.25. The summed E-state index contributed by atoms with van der Waals surface area (Å²) in [5.74, 6) is -1.20. The van der Waals surface area contributed by atoms with E-state index in [1.807, 2.05) is 0 Å². The number of carbonyl (C=O) groups excluding carboxylic acids is 2. The Labute approximate surface area is 169 Å². The van der Waals surface area contributed by atoms with Crippen LogP contribution in [0.25, 0.3) is 11.0 Å². The Morgan fingerprint density at radius 1 is 1.10 bits per heavy atom. The first-order valence-electron chi connectivity index (χ1n) is 9.17. The average molecular weight is 405 g/mol. The second-order valence-corrected chi connectivity index (χ2v) is 8.66. The zero-order valence-corrected chi connectivity index (χ0v) is 17.5. The van der Waals surface area contributed by atoms with Gasteiger partial charge in [0.25, 0.3) is 0 Å². The summed E-state index contributed by atoms with van der Waals surface area (Å²) in [5.41, 5.74) is 0.235. The third-order valence-electron chi connectivity index (χ3n) is 3.63. The number of rotatable bonds is 4. The van der Waals surface area contributed by atoms with E-state index in [9.17, 15) is 19.5 Å². The Morgan fingerprint density at radius 2 is 1.72 bits per heavy atom. The van der Waals surface area contributed by atoms with Crippen LogP contribution < -0.4 is 5.32 Å². The Hall–Kier alpha value is -3.10. The fraction of sp³-hybridized carbons (Fsp3) is 0.500. The van der Waals surface area contributed by atoms with Crippen molar-refractivity contribution in [3.63, 3.8) is 0 Å². The van der Waals surface area contributed by atoms with Gasteiger partial charge in [-0.15, -0.1) is 0 Å². The fourth-order valence-corrected chi connectivity index (χ4v) is 2.52. The number of carbonyl (C=O) groups is 3. The van der Waals surface area contributed by atoms with E-state index in [0.29, 0.717) is 16.6 Å². The zero-order chi connectivity index (χ0) is 22.0. The molecule has 158 valence electrons. The Balaban J connectivity index is 2.23. The first-order valence-corrected chi connectivity index (χ1v) is 9.17. The predicted octanol–water partition coefficient (Wildman–Crippen LogP) is 3.34. The lowest BCUT2D eigenvalue weighted by molar-refractivity contribution is -0.139. The average Bonchev–Trinajstić information content (AvgIpc) is 2.94. The van der Waals surface area contributed by atoms with Gasteiger partial charge < -0.3 is 19.9 Å². The number of fused-ring (bicyclic) bond motifs is 1. The van der Waals surface area contributed by atoms with E-state index < -0.39 is 35.4 Å². The van der Waals surface area contributed by atoms with Gasteiger partial charge >= 0.3 is 18.2 Å². The van der Waals surface area contributed by atoms with Crippen molar-refractivity contribution >= 4 is 29.2 Å². The number of carboxylic acid groups (broad SMARTS) is 1. The van der Waals surface area contributed by atoms with Crippen molar-refractivity contribution in [2.75, 3.05) is 0 Å². The topological polar surface area (TPSA) is 120 Å². The minimum atomic E-state index is -1.20. The second kappa shape index (κ2) is 8.10. The molecule has 29 heavy (non-hydrogen) atoms. The minimum absolute atomic E-state index is 0.00398. The quantitative estimate of drug-likeness (QED) is 0.800. The molecule has 1 aromatic heterocycles. The highest BCUT2D eigenvalue weighted by molar-refractivity contribution is 5.87. The Kier molecular flexibility index (Phi) is 6.20. The number of ether oxygens (including phenoxy) is 2. The molecule has 1 heterocycles. The lowest BCUT2D eigenvalue weighted by Crippen LogP contribution is -2.44. The van der Waals surface area contributed by atoms with Crippen molar-refractivity contribution in [2.45, 2.75) is 65.2 Å². The van der Waals surface area contributed by atoms with E-state index in [1.54, 1.807) is 59.7 Å². The van der Waals surface area contributed by atoms with E-state index in [1.165, 1.54) is 10.9 Å². The molecule has 2 aromatic rings. The maximum Gasteiger partial charge on any atom is 0.420 e. The zero-order valence-electron chi connectivity index (χ0n) is 17.5. The van der Waals surface area contributed by atoms with Gasteiger partial charge in [-0.25, -0.2) is 23.9 Å². The number of hydrogen-bond acceptors (Lipinski definition) is 6. The van der Waals surface area contributed by atoms with E-state index in [4.69, 9.17) is 9.47 Å². The van der Waals surface area contributed by atoms with Crippen molar-refractivity contribution < 1.29 is 29.0 Å². The molecule has 9 heteroatoms. The Morgan fingerprint density at radius 3 is 2.28 bits per heavy atom. The highest BCUT2D eigenvalue weighted by Crippen LogP contribution is 2.19. The number of aliphatic carboxylic acids is 1. The lowest BCUT2D eigenvalue weighted by Gasteiger charge is -2.22. The van der Waals surface area contributed by atoms with Gasteiger partial charge in [0.15, 0.2) is 0 Å². The smallest absolute Gasteiger partial charge is 0.420 e. The van der Waals surface area contributed by atoms with Crippen LogP contribution in [0.1, 0.15) is 47.1 Å². The summed E-state index contributed by atoms with van der Waals surface area (Å²) >= 11 is 0. The molecule has 2 N–H and O–H groups in total. The van der Waals surface area contributed by atoms with Gasteiger partial charge in [0.2, 0.25) is 0 Å². The summed E-state index contributed by atoms with van der Waals surface area (Å²) in [7, 11) is 0. The third-order valence-corrected chi connectivity index (χ3v) is 3.63.